The summed E-state index contributed by atoms with van der Waals surface area (Å²) in [5.41, 5.74) is 0. The van der Waals surface area contributed by atoms with Crippen molar-refractivity contribution in [2.45, 2.75) is 31.1 Å². The molecule has 1 aliphatic rings. The molecule has 2 rings (SSSR count). The predicted octanol–water partition coefficient (Wildman–Crippen LogP) is 3.23. The van der Waals surface area contributed by atoms with Crippen molar-refractivity contribution >= 4 is 41.6 Å². The summed E-state index contributed by atoms with van der Waals surface area (Å²) < 4.78 is 27.7. The molecule has 0 saturated carbocycles. The molecule has 1 fully saturated rings. The van der Waals surface area contributed by atoms with Gasteiger partial charge in [-0.15, -0.1) is 0 Å². The normalized spacial score (nSPS) is 19.6. The van der Waals surface area contributed by atoms with Crippen molar-refractivity contribution in [2.24, 2.45) is 5.92 Å². The van der Waals surface area contributed by atoms with E-state index in [1.165, 1.54) is 6.07 Å². The number of halogens is 2. The fourth-order valence-electron chi connectivity index (χ4n) is 2.44. The average Bonchev–Trinajstić information content (AvgIpc) is 2.94. The first-order valence-corrected chi connectivity index (χ1v) is 9.46. The molecule has 0 aliphatic carbocycles. The highest BCUT2D eigenvalue weighted by molar-refractivity contribution is 9.10. The molecule has 5 nitrogen and oxygen atoms in total. The predicted molar refractivity (Wildman–Crippen MR) is 78.4 cm³/mol. The maximum atomic E-state index is 12.3. The van der Waals surface area contributed by atoms with Crippen LogP contribution in [0.4, 0.5) is 0 Å². The standard InChI is InChI=1S/C12H15BrClNO4S/c1-2-3-8-4-5-15(7-8)12(16)9-6-10(11(13)19-9)20(14,17)18/h6,8H,2-5,7H2,1H3. The molecule has 1 atom stereocenters. The van der Waals surface area contributed by atoms with Gasteiger partial charge in [0, 0.05) is 29.8 Å². The topological polar surface area (TPSA) is 67.6 Å². The van der Waals surface area contributed by atoms with Crippen LogP contribution in [-0.4, -0.2) is 32.3 Å². The Balaban J connectivity index is 2.15. The fraction of sp³-hybridized carbons (Fsp3) is 0.583. The van der Waals surface area contributed by atoms with Crippen LogP contribution in [0.3, 0.4) is 0 Å². The highest BCUT2D eigenvalue weighted by Gasteiger charge is 2.30. The third kappa shape index (κ3) is 3.38. The van der Waals surface area contributed by atoms with Crippen LogP contribution in [0.1, 0.15) is 36.7 Å². The van der Waals surface area contributed by atoms with Crippen LogP contribution in [-0.2, 0) is 9.05 Å². The minimum absolute atomic E-state index is 0.00625. The number of amides is 1. The number of hydrogen-bond donors (Lipinski definition) is 0. The molecule has 0 spiro atoms. The third-order valence-corrected chi connectivity index (χ3v) is 5.58. The lowest BCUT2D eigenvalue weighted by atomic mass is 10.0. The molecule has 0 aromatic carbocycles. The summed E-state index contributed by atoms with van der Waals surface area (Å²) in [5.74, 6) is 0.211. The molecule has 1 aromatic rings. The Bertz CT molecular complexity index is 613. The van der Waals surface area contributed by atoms with E-state index in [4.69, 9.17) is 15.1 Å². The summed E-state index contributed by atoms with van der Waals surface area (Å²) in [5, 5.41) is 0. The second-order valence-electron chi connectivity index (χ2n) is 4.88. The first-order valence-electron chi connectivity index (χ1n) is 6.36. The van der Waals surface area contributed by atoms with Gasteiger partial charge in [-0.05, 0) is 34.7 Å². The Morgan fingerprint density at radius 3 is 2.85 bits per heavy atom. The first kappa shape index (κ1) is 15.9. The lowest BCUT2D eigenvalue weighted by Gasteiger charge is -2.14. The van der Waals surface area contributed by atoms with Gasteiger partial charge in [0.25, 0.3) is 15.0 Å². The first-order chi connectivity index (χ1) is 9.32. The molecule has 1 saturated heterocycles. The van der Waals surface area contributed by atoms with Gasteiger partial charge in [0.05, 0.1) is 0 Å². The number of carbonyl (C=O) groups excluding carboxylic acids is 1. The SMILES string of the molecule is CCCC1CCN(C(=O)c2cc(S(=O)(=O)Cl)c(Br)o2)C1. The molecule has 1 aromatic heterocycles. The van der Waals surface area contributed by atoms with Crippen molar-refractivity contribution in [2.75, 3.05) is 13.1 Å². The smallest absolute Gasteiger partial charge is 0.289 e. The number of furan rings is 1. The molecule has 1 aliphatic heterocycles. The van der Waals surface area contributed by atoms with Crippen molar-refractivity contribution in [3.8, 4) is 0 Å². The van der Waals surface area contributed by atoms with Gasteiger partial charge in [0.1, 0.15) is 4.90 Å². The third-order valence-electron chi connectivity index (χ3n) is 3.40. The van der Waals surface area contributed by atoms with Crippen LogP contribution in [0.25, 0.3) is 0 Å². The Hall–Kier alpha value is -0.530. The number of rotatable bonds is 4. The van der Waals surface area contributed by atoms with Gasteiger partial charge in [0.15, 0.2) is 10.4 Å². The Morgan fingerprint density at radius 2 is 2.30 bits per heavy atom. The Morgan fingerprint density at radius 1 is 1.60 bits per heavy atom. The van der Waals surface area contributed by atoms with E-state index < -0.39 is 9.05 Å². The van der Waals surface area contributed by atoms with E-state index in [0.717, 1.165) is 19.3 Å². The van der Waals surface area contributed by atoms with Crippen LogP contribution in [0.15, 0.2) is 20.0 Å². The summed E-state index contributed by atoms with van der Waals surface area (Å²) in [7, 11) is 1.34. The van der Waals surface area contributed by atoms with E-state index in [1.807, 2.05) is 0 Å². The number of hydrogen-bond acceptors (Lipinski definition) is 4. The van der Waals surface area contributed by atoms with Crippen LogP contribution in [0.5, 0.6) is 0 Å². The Kier molecular flexibility index (Phi) is 4.81. The minimum atomic E-state index is -3.93. The molecular weight excluding hydrogens is 370 g/mol. The van der Waals surface area contributed by atoms with E-state index in [-0.39, 0.29) is 21.2 Å². The van der Waals surface area contributed by atoms with Gasteiger partial charge >= 0.3 is 0 Å². The quantitative estimate of drug-likeness (QED) is 0.747. The van der Waals surface area contributed by atoms with Crippen molar-refractivity contribution in [3.63, 3.8) is 0 Å². The Labute approximate surface area is 130 Å². The monoisotopic (exact) mass is 383 g/mol. The van der Waals surface area contributed by atoms with Gasteiger partial charge in [-0.25, -0.2) is 8.42 Å². The van der Waals surface area contributed by atoms with Crippen molar-refractivity contribution in [1.29, 1.82) is 0 Å². The molecule has 1 amide bonds. The summed E-state index contributed by atoms with van der Waals surface area (Å²) in [6, 6.07) is 1.17. The molecule has 0 bridgehead atoms. The van der Waals surface area contributed by atoms with E-state index in [0.29, 0.717) is 19.0 Å². The van der Waals surface area contributed by atoms with Crippen LogP contribution < -0.4 is 0 Å². The highest BCUT2D eigenvalue weighted by Crippen LogP contribution is 2.30. The largest absolute Gasteiger partial charge is 0.443 e. The van der Waals surface area contributed by atoms with E-state index in [1.54, 1.807) is 4.90 Å². The lowest BCUT2D eigenvalue weighted by Crippen LogP contribution is -2.28. The van der Waals surface area contributed by atoms with Gasteiger partial charge in [-0.3, -0.25) is 4.79 Å². The van der Waals surface area contributed by atoms with Crippen molar-refractivity contribution < 1.29 is 17.6 Å². The molecule has 8 heteroatoms. The fourth-order valence-corrected chi connectivity index (χ4v) is 4.47. The maximum absolute atomic E-state index is 12.3. The average molecular weight is 385 g/mol. The second kappa shape index (κ2) is 6.07. The summed E-state index contributed by atoms with van der Waals surface area (Å²) >= 11 is 2.97. The molecule has 112 valence electrons. The van der Waals surface area contributed by atoms with Gasteiger partial charge in [-0.2, -0.15) is 0 Å². The molecule has 20 heavy (non-hydrogen) atoms. The van der Waals surface area contributed by atoms with Gasteiger partial charge in [-0.1, -0.05) is 13.3 Å². The van der Waals surface area contributed by atoms with Crippen LogP contribution in [0, 0.1) is 5.92 Å². The zero-order valence-corrected chi connectivity index (χ0v) is 14.1. The van der Waals surface area contributed by atoms with Crippen LogP contribution >= 0.6 is 26.6 Å². The van der Waals surface area contributed by atoms with Crippen LogP contribution in [0.2, 0.25) is 0 Å². The second-order valence-corrected chi connectivity index (χ2v) is 8.14. The number of nitrogens with zero attached hydrogens (tertiary/aromatic N) is 1. The molecular formula is C12H15BrClNO4S. The van der Waals surface area contributed by atoms with Crippen molar-refractivity contribution in [3.05, 3.63) is 16.5 Å². The number of carbonyl (C=O) groups is 1. The zero-order chi connectivity index (χ0) is 14.9. The molecule has 0 radical (unpaired) electrons. The summed E-state index contributed by atoms with van der Waals surface area (Å²) in [4.78, 5) is 13.7. The van der Waals surface area contributed by atoms with Gasteiger partial charge < -0.3 is 9.32 Å². The van der Waals surface area contributed by atoms with E-state index >= 15 is 0 Å². The summed E-state index contributed by atoms with van der Waals surface area (Å²) in [6.45, 7) is 3.48. The number of likely N-dealkylation sites (tertiary alicyclic amines) is 1. The van der Waals surface area contributed by atoms with Crippen molar-refractivity contribution in [1.82, 2.24) is 4.90 Å². The lowest BCUT2D eigenvalue weighted by molar-refractivity contribution is 0.0753. The molecule has 1 unspecified atom stereocenters. The minimum Gasteiger partial charge on any atom is -0.443 e. The zero-order valence-electron chi connectivity index (χ0n) is 10.9. The highest BCUT2D eigenvalue weighted by atomic mass is 79.9. The van der Waals surface area contributed by atoms with Gasteiger partial charge in [0.2, 0.25) is 0 Å². The summed E-state index contributed by atoms with van der Waals surface area (Å²) in [6.07, 6.45) is 3.16. The molecule has 2 heterocycles. The maximum Gasteiger partial charge on any atom is 0.289 e. The van der Waals surface area contributed by atoms with E-state index in [9.17, 15) is 13.2 Å². The van der Waals surface area contributed by atoms with E-state index in [2.05, 4.69) is 22.9 Å². The molecule has 0 N–H and O–H groups in total.